The van der Waals surface area contributed by atoms with E-state index in [9.17, 15) is 23.0 Å². The highest BCUT2D eigenvalue weighted by atomic mass is 32.2. The van der Waals surface area contributed by atoms with Gasteiger partial charge < -0.3 is 14.9 Å². The highest BCUT2D eigenvalue weighted by Crippen LogP contribution is 2.33. The first-order valence-electron chi connectivity index (χ1n) is 11.0. The first-order chi connectivity index (χ1) is 15.3. The smallest absolute Gasteiger partial charge is 0.263 e. The Hall–Kier alpha value is -2.23. The van der Waals surface area contributed by atoms with Gasteiger partial charge in [-0.2, -0.15) is 0 Å². The highest BCUT2D eigenvalue weighted by molar-refractivity contribution is 7.92. The maximum Gasteiger partial charge on any atom is 0.263 e. The molecule has 0 amide bonds. The Morgan fingerprint density at radius 1 is 1.03 bits per heavy atom. The topological polar surface area (TPSA) is 109 Å². The Bertz CT molecular complexity index is 1000. The van der Waals surface area contributed by atoms with Gasteiger partial charge in [0.05, 0.1) is 12.8 Å². The van der Waals surface area contributed by atoms with E-state index < -0.39 is 27.7 Å². The molecule has 0 spiro atoms. The number of nitrogens with zero attached hydrogens (tertiary/aromatic N) is 1. The molecule has 1 aliphatic carbocycles. The summed E-state index contributed by atoms with van der Waals surface area (Å²) in [6, 6.07) is 3.55. The van der Waals surface area contributed by atoms with Gasteiger partial charge in [0, 0.05) is 24.0 Å². The molecule has 0 aliphatic heterocycles. The lowest BCUT2D eigenvalue weighted by Gasteiger charge is -2.19. The Balaban J connectivity index is 1.85. The van der Waals surface area contributed by atoms with E-state index in [1.54, 1.807) is 12.3 Å². The molecule has 3 N–H and O–H groups in total. The van der Waals surface area contributed by atoms with Gasteiger partial charge in [0.2, 0.25) is 0 Å². The number of benzene rings is 1. The van der Waals surface area contributed by atoms with Crippen molar-refractivity contribution in [2.75, 3.05) is 11.8 Å². The average Bonchev–Trinajstić information content (AvgIpc) is 2.77. The van der Waals surface area contributed by atoms with Crippen molar-refractivity contribution in [3.63, 3.8) is 0 Å². The third-order valence-corrected chi connectivity index (χ3v) is 7.29. The molecule has 1 aromatic heterocycles. The molecule has 0 unspecified atom stereocenters. The Morgan fingerprint density at radius 3 is 2.25 bits per heavy atom. The zero-order valence-electron chi connectivity index (χ0n) is 18.3. The van der Waals surface area contributed by atoms with Crippen molar-refractivity contribution in [2.45, 2.75) is 74.9 Å². The number of aromatic nitrogens is 1. The van der Waals surface area contributed by atoms with Gasteiger partial charge in [-0.15, -0.1) is 0 Å². The van der Waals surface area contributed by atoms with Crippen LogP contribution in [0, 0.1) is 5.82 Å². The van der Waals surface area contributed by atoms with Gasteiger partial charge >= 0.3 is 0 Å². The van der Waals surface area contributed by atoms with E-state index in [4.69, 9.17) is 4.74 Å². The van der Waals surface area contributed by atoms with Crippen LogP contribution in [-0.4, -0.2) is 30.7 Å². The van der Waals surface area contributed by atoms with Crippen molar-refractivity contribution < 1.29 is 27.8 Å². The van der Waals surface area contributed by atoms with Crippen LogP contribution in [-0.2, 0) is 10.0 Å². The summed E-state index contributed by atoms with van der Waals surface area (Å²) in [6.45, 7) is 0. The molecule has 3 rings (SSSR count). The van der Waals surface area contributed by atoms with Crippen molar-refractivity contribution in [3.05, 3.63) is 47.5 Å². The largest absolute Gasteiger partial charge is 0.495 e. The average molecular weight is 467 g/mol. The van der Waals surface area contributed by atoms with E-state index in [2.05, 4.69) is 9.71 Å². The van der Waals surface area contributed by atoms with Crippen molar-refractivity contribution in [3.8, 4) is 5.75 Å². The van der Waals surface area contributed by atoms with Crippen LogP contribution < -0.4 is 9.46 Å². The third-order valence-electron chi connectivity index (χ3n) is 5.96. The van der Waals surface area contributed by atoms with Crippen molar-refractivity contribution in [2.24, 2.45) is 0 Å². The van der Waals surface area contributed by atoms with Crippen molar-refractivity contribution in [1.29, 1.82) is 0 Å². The van der Waals surface area contributed by atoms with Crippen LogP contribution in [0.2, 0.25) is 0 Å². The summed E-state index contributed by atoms with van der Waals surface area (Å²) >= 11 is 0. The SMILES string of the molecule is COc1cc(C(O)O)c(F)cc1NS(=O)(=O)c1cncc(C2CCCCCCCCC2)c1. The molecule has 2 aromatic rings. The number of halogens is 1. The van der Waals surface area contributed by atoms with Gasteiger partial charge in [-0.1, -0.05) is 44.9 Å². The van der Waals surface area contributed by atoms with E-state index in [0.29, 0.717) is 0 Å². The van der Waals surface area contributed by atoms with E-state index in [1.165, 1.54) is 45.4 Å². The second kappa shape index (κ2) is 11.1. The second-order valence-corrected chi connectivity index (χ2v) is 9.94. The maximum absolute atomic E-state index is 14.2. The fourth-order valence-corrected chi connectivity index (χ4v) is 5.23. The lowest BCUT2D eigenvalue weighted by atomic mass is 9.88. The molecule has 9 heteroatoms. The maximum atomic E-state index is 14.2. The number of anilines is 1. The highest BCUT2D eigenvalue weighted by Gasteiger charge is 2.22. The molecule has 7 nitrogen and oxygen atoms in total. The molecule has 0 bridgehead atoms. The number of aliphatic hydroxyl groups excluding tert-OH is 1. The summed E-state index contributed by atoms with van der Waals surface area (Å²) in [6.07, 6.45) is 11.3. The predicted octanol–water partition coefficient (Wildman–Crippen LogP) is 4.62. The van der Waals surface area contributed by atoms with Crippen LogP contribution in [0.3, 0.4) is 0 Å². The number of ether oxygens (including phenoxy) is 1. The van der Waals surface area contributed by atoms with Gasteiger partial charge in [0.1, 0.15) is 16.5 Å². The van der Waals surface area contributed by atoms with Crippen LogP contribution in [0.15, 0.2) is 35.5 Å². The van der Waals surface area contributed by atoms with Crippen molar-refractivity contribution in [1.82, 2.24) is 4.98 Å². The second-order valence-electron chi connectivity index (χ2n) is 8.26. The lowest BCUT2D eigenvalue weighted by Crippen LogP contribution is -2.15. The number of rotatable bonds is 6. The van der Waals surface area contributed by atoms with Gasteiger partial charge in [0.25, 0.3) is 10.0 Å². The molecular formula is C23H31FN2O5S. The molecule has 1 fully saturated rings. The normalized spacial score (nSPS) is 16.7. The molecule has 1 heterocycles. The number of nitrogens with one attached hydrogen (secondary N) is 1. The number of sulfonamides is 1. The predicted molar refractivity (Wildman–Crippen MR) is 119 cm³/mol. The van der Waals surface area contributed by atoms with Gasteiger partial charge in [-0.3, -0.25) is 9.71 Å². The van der Waals surface area contributed by atoms with E-state index in [-0.39, 0.29) is 22.3 Å². The van der Waals surface area contributed by atoms with E-state index >= 15 is 0 Å². The summed E-state index contributed by atoms with van der Waals surface area (Å²) in [7, 11) is -2.79. The summed E-state index contributed by atoms with van der Waals surface area (Å²) < 4.78 is 47.7. The monoisotopic (exact) mass is 466 g/mol. The van der Waals surface area contributed by atoms with Crippen LogP contribution >= 0.6 is 0 Å². The lowest BCUT2D eigenvalue weighted by molar-refractivity contribution is -0.0450. The Labute approximate surface area is 188 Å². The third kappa shape index (κ3) is 6.17. The Kier molecular flexibility index (Phi) is 8.44. The number of aliphatic hydroxyl groups is 2. The molecule has 176 valence electrons. The van der Waals surface area contributed by atoms with Crippen LogP contribution in [0.5, 0.6) is 5.75 Å². The fraction of sp³-hybridized carbons (Fsp3) is 0.522. The molecule has 0 atom stereocenters. The number of pyridine rings is 1. The molecular weight excluding hydrogens is 435 g/mol. The summed E-state index contributed by atoms with van der Waals surface area (Å²) in [5, 5.41) is 18.5. The summed E-state index contributed by atoms with van der Waals surface area (Å²) in [4.78, 5) is 4.16. The summed E-state index contributed by atoms with van der Waals surface area (Å²) in [5.41, 5.74) is 0.341. The minimum absolute atomic E-state index is 0.0131. The van der Waals surface area contributed by atoms with Crippen molar-refractivity contribution >= 4 is 15.7 Å². The van der Waals surface area contributed by atoms with E-state index in [0.717, 1.165) is 43.4 Å². The van der Waals surface area contributed by atoms with Gasteiger partial charge in [-0.25, -0.2) is 12.8 Å². The fourth-order valence-electron chi connectivity index (χ4n) is 4.17. The first kappa shape index (κ1) is 24.4. The number of hydrogen-bond acceptors (Lipinski definition) is 6. The van der Waals surface area contributed by atoms with Gasteiger partial charge in [-0.05, 0) is 36.5 Å². The van der Waals surface area contributed by atoms with E-state index in [1.807, 2.05) is 0 Å². The number of hydrogen-bond donors (Lipinski definition) is 3. The number of methoxy groups -OCH3 is 1. The minimum atomic E-state index is -4.07. The zero-order valence-corrected chi connectivity index (χ0v) is 19.1. The van der Waals surface area contributed by atoms with Crippen LogP contribution in [0.1, 0.15) is 81.1 Å². The van der Waals surface area contributed by atoms with Crippen LogP contribution in [0.4, 0.5) is 10.1 Å². The standard InChI is InChI=1S/C23H31FN2O5S/c1-31-22-12-19(23(27)28)20(24)13-21(22)26-32(29,30)18-11-17(14-25-15-18)16-9-7-5-3-2-4-6-8-10-16/h11-16,23,26-28H,2-10H2,1H3. The molecule has 0 radical (unpaired) electrons. The minimum Gasteiger partial charge on any atom is -0.495 e. The van der Waals surface area contributed by atoms with Crippen LogP contribution in [0.25, 0.3) is 0 Å². The summed E-state index contributed by atoms with van der Waals surface area (Å²) in [5.74, 6) is -0.741. The van der Waals surface area contributed by atoms with Gasteiger partial charge in [0.15, 0.2) is 6.29 Å². The molecule has 32 heavy (non-hydrogen) atoms. The molecule has 0 saturated heterocycles. The Morgan fingerprint density at radius 2 is 1.66 bits per heavy atom. The molecule has 1 aliphatic rings. The molecule has 1 saturated carbocycles. The quantitative estimate of drug-likeness (QED) is 0.536. The first-order valence-corrected chi connectivity index (χ1v) is 12.5. The molecule has 1 aromatic carbocycles. The zero-order chi connectivity index (χ0) is 23.1.